The minimum absolute atomic E-state index is 0.490. The van der Waals surface area contributed by atoms with E-state index < -0.39 is 0 Å². The van der Waals surface area contributed by atoms with E-state index in [2.05, 4.69) is 449 Å². The second-order valence-corrected chi connectivity index (χ2v) is 34.7. The first-order valence-corrected chi connectivity index (χ1v) is 45.3. The highest BCUT2D eigenvalue weighted by Crippen LogP contribution is 2.51. The summed E-state index contributed by atoms with van der Waals surface area (Å²) in [5.74, 6) is 3.11. The summed E-state index contributed by atoms with van der Waals surface area (Å²) in [6, 6.07) is 156. The van der Waals surface area contributed by atoms with E-state index in [4.69, 9.17) is 38.7 Å². The fourth-order valence-electron chi connectivity index (χ4n) is 21.1. The topological polar surface area (TPSA) is 123 Å². The van der Waals surface area contributed by atoms with Crippen LogP contribution in [0, 0.1) is 0 Å². The number of aromatic nitrogens is 10. The van der Waals surface area contributed by atoms with Crippen LogP contribution < -0.4 is 0 Å². The van der Waals surface area contributed by atoms with Gasteiger partial charge in [0.2, 0.25) is 0 Å². The first-order chi connectivity index (χ1) is 66.4. The second-order valence-electron chi connectivity index (χ2n) is 34.7. The minimum atomic E-state index is 0.490. The molecule has 0 fully saturated rings. The lowest BCUT2D eigenvalue weighted by Gasteiger charge is -2.18. The first-order valence-electron chi connectivity index (χ1n) is 45.3. The molecule has 0 saturated carbocycles. The first kappa shape index (κ1) is 74.8. The van der Waals surface area contributed by atoms with Gasteiger partial charge in [0.25, 0.3) is 0 Å². The van der Waals surface area contributed by atoms with Crippen LogP contribution in [0.4, 0.5) is 0 Å². The maximum atomic E-state index is 7.42. The van der Waals surface area contributed by atoms with Crippen LogP contribution in [0.1, 0.15) is 0 Å². The molecule has 8 aromatic heterocycles. The van der Waals surface area contributed by atoms with Crippen molar-refractivity contribution in [3.8, 4) is 124 Å². The highest BCUT2D eigenvalue weighted by Gasteiger charge is 2.31. The van der Waals surface area contributed by atoms with Crippen LogP contribution in [0.25, 0.3) is 277 Å². The predicted molar refractivity (Wildman–Crippen MR) is 549 cm³/mol. The van der Waals surface area contributed by atoms with E-state index in [1.165, 1.54) is 5.39 Å². The predicted octanol–water partition coefficient (Wildman–Crippen LogP) is 31.6. The molecule has 28 rings (SSSR count). The van der Waals surface area contributed by atoms with Crippen LogP contribution in [0.2, 0.25) is 0 Å². The van der Waals surface area contributed by atoms with Gasteiger partial charge in [-0.25, -0.2) is 29.9 Å². The number of para-hydroxylation sites is 8. The summed E-state index contributed by atoms with van der Waals surface area (Å²) in [5, 5.41) is 17.3. The molecular weight excluding hydrogens is 1640 g/mol. The molecule has 0 saturated heterocycles. The molecule has 622 valence electrons. The van der Waals surface area contributed by atoms with E-state index in [-0.39, 0.29) is 0 Å². The molecule has 0 amide bonds. The van der Waals surface area contributed by atoms with Crippen LogP contribution in [-0.4, -0.2) is 48.2 Å². The van der Waals surface area contributed by atoms with E-state index in [0.29, 0.717) is 34.9 Å². The highest BCUT2D eigenvalue weighted by atomic mass is 16.3. The van der Waals surface area contributed by atoms with Gasteiger partial charge < -0.3 is 27.1 Å². The normalized spacial score (nSPS) is 12.0. The largest absolute Gasteiger partial charge is 0.456 e. The summed E-state index contributed by atoms with van der Waals surface area (Å²) in [6.07, 6.45) is 0. The van der Waals surface area contributed by atoms with Gasteiger partial charge in [-0.3, -0.25) is 0 Å². The summed E-state index contributed by atoms with van der Waals surface area (Å²) in [5.41, 5.74) is 26.4. The van der Waals surface area contributed by atoms with E-state index in [0.717, 1.165) is 237 Å². The molecule has 0 radical (unpaired) electrons. The molecule has 28 aromatic rings. The molecule has 0 spiro atoms. The second kappa shape index (κ2) is 29.7. The van der Waals surface area contributed by atoms with E-state index in [9.17, 15) is 0 Å². The summed E-state index contributed by atoms with van der Waals surface area (Å²) >= 11 is 0. The summed E-state index contributed by atoms with van der Waals surface area (Å²) < 4.78 is 23.8. The minimum Gasteiger partial charge on any atom is -0.456 e. The number of nitrogens with zero attached hydrogens (tertiary/aromatic N) is 10. The Kier molecular flexibility index (Phi) is 16.5. The van der Waals surface area contributed by atoms with Crippen molar-refractivity contribution in [1.82, 2.24) is 48.2 Å². The van der Waals surface area contributed by atoms with Gasteiger partial charge in [0, 0.05) is 104 Å². The molecule has 134 heavy (non-hydrogen) atoms. The zero-order valence-corrected chi connectivity index (χ0v) is 71.9. The molecule has 0 aliphatic rings. The lowest BCUT2D eigenvalue weighted by atomic mass is 9.94. The van der Waals surface area contributed by atoms with Crippen LogP contribution in [0.15, 0.2) is 446 Å². The molecule has 0 N–H and O–H groups in total. The van der Waals surface area contributed by atoms with Crippen molar-refractivity contribution < 1.29 is 8.83 Å². The van der Waals surface area contributed by atoms with Crippen LogP contribution in [0.5, 0.6) is 0 Å². The Labute approximate surface area is 765 Å². The van der Waals surface area contributed by atoms with Crippen molar-refractivity contribution in [2.75, 3.05) is 0 Å². The van der Waals surface area contributed by atoms with Crippen molar-refractivity contribution in [2.45, 2.75) is 0 Å². The maximum absolute atomic E-state index is 7.42. The van der Waals surface area contributed by atoms with Crippen molar-refractivity contribution >= 4 is 153 Å². The third kappa shape index (κ3) is 11.8. The number of benzene rings is 20. The number of hydrogen-bond acceptors (Lipinski definition) is 8. The molecule has 12 heteroatoms. The number of rotatable bonds is 13. The zero-order valence-electron chi connectivity index (χ0n) is 71.9. The molecule has 0 unspecified atom stereocenters. The van der Waals surface area contributed by atoms with Gasteiger partial charge in [0.15, 0.2) is 34.9 Å². The van der Waals surface area contributed by atoms with E-state index in [1.807, 2.05) is 6.07 Å². The Morgan fingerprint density at radius 3 is 1.02 bits per heavy atom. The molecule has 0 aliphatic carbocycles. The lowest BCUT2D eigenvalue weighted by Crippen LogP contribution is -2.05. The Bertz CT molecular complexity index is 9770. The van der Waals surface area contributed by atoms with Gasteiger partial charge >= 0.3 is 0 Å². The monoisotopic (exact) mass is 1710 g/mol. The fraction of sp³-hybridized carbons (Fsp3) is 0. The van der Waals surface area contributed by atoms with Gasteiger partial charge in [0.1, 0.15) is 22.3 Å². The third-order valence-corrected chi connectivity index (χ3v) is 27.2. The molecule has 8 heterocycles. The van der Waals surface area contributed by atoms with Gasteiger partial charge in [-0.15, -0.1) is 0 Å². The smallest absolute Gasteiger partial charge is 0.166 e. The number of furan rings is 2. The average Bonchev–Trinajstić information content (AvgIpc) is 1.53. The van der Waals surface area contributed by atoms with Crippen molar-refractivity contribution in [3.05, 3.63) is 437 Å². The number of fused-ring (bicyclic) bond motifs is 20. The summed E-state index contributed by atoms with van der Waals surface area (Å²) in [4.78, 5) is 34.2. The lowest BCUT2D eigenvalue weighted by molar-refractivity contribution is 0.668. The Morgan fingerprint density at radius 1 is 0.164 bits per heavy atom. The Hall–Kier alpha value is -18.3. The van der Waals surface area contributed by atoms with Crippen LogP contribution >= 0.6 is 0 Å². The average molecular weight is 1710 g/mol. The molecule has 0 atom stereocenters. The van der Waals surface area contributed by atoms with Gasteiger partial charge in [-0.1, -0.05) is 291 Å². The van der Waals surface area contributed by atoms with Crippen molar-refractivity contribution in [3.63, 3.8) is 0 Å². The highest BCUT2D eigenvalue weighted by molar-refractivity contribution is 6.23. The Morgan fingerprint density at radius 2 is 0.507 bits per heavy atom. The van der Waals surface area contributed by atoms with Gasteiger partial charge in [0.05, 0.1) is 66.3 Å². The standard InChI is InChI=1S/C122H72N10O2/c1-4-27-73(28-5-1)78-33-26-34-83(65-78)118-124-120(85-60-63-106-97(69-85)89-40-15-21-46-102(89)130(106)87-37-8-3-9-38-87)128-122(127-118)100-72-95(116-113(93-44-19-25-50-110(93)134-116)115(100)132-104-48-23-17-42-91(104)99-67-80-30-11-13-32-82(80)71-108(99)132)76-55-51-74(52-56-76)75-53-57-77(58-54-75)117-123-119(84-59-62-105-96(68-84)88-39-14-20-45-101(88)129(105)86-35-6-2-7-36-86)126-121(125-117)94-61-64-111-112(92-43-18-24-49-109(92)133-111)114(94)131-103-47-22-16-41-90(103)98-66-79-29-10-12-31-81(79)70-107(98)131/h1-72H. The van der Waals surface area contributed by atoms with Crippen LogP contribution in [-0.2, 0) is 0 Å². The van der Waals surface area contributed by atoms with Gasteiger partial charge in [-0.05, 0) is 195 Å². The van der Waals surface area contributed by atoms with E-state index >= 15 is 0 Å². The van der Waals surface area contributed by atoms with E-state index in [1.54, 1.807) is 0 Å². The van der Waals surface area contributed by atoms with Crippen molar-refractivity contribution in [1.29, 1.82) is 0 Å². The fourth-order valence-corrected chi connectivity index (χ4v) is 21.1. The number of hydrogen-bond donors (Lipinski definition) is 0. The third-order valence-electron chi connectivity index (χ3n) is 27.2. The SMILES string of the molecule is c1ccc(-c2cccc(-c3nc(-c4ccc5c(c4)c4ccccc4n5-c4ccccc4)nc(-c4cc(-c5ccc(-c6ccc(-c7nc(-c8ccc9c(c8)c8ccccc8n9-c8ccccc8)nc(-c8ccc9oc%10ccccc%10c9c8-n8c9ccccc9c9cc%10ccccc%10cc98)n7)cc6)cc5)c5oc6ccccc6c5c4-n4c5ccccc5c5cc6ccccc6cc54)n3)c2)cc1. The zero-order chi connectivity index (χ0) is 87.7. The van der Waals surface area contributed by atoms with Crippen LogP contribution in [0.3, 0.4) is 0 Å². The van der Waals surface area contributed by atoms with Crippen molar-refractivity contribution in [2.24, 2.45) is 0 Å². The molecule has 20 aromatic carbocycles. The molecule has 0 aliphatic heterocycles. The quantitative estimate of drug-likeness (QED) is 0.112. The molecular formula is C122H72N10O2. The maximum Gasteiger partial charge on any atom is 0.166 e. The molecule has 0 bridgehead atoms. The Balaban J connectivity index is 0.635. The molecule has 12 nitrogen and oxygen atoms in total. The van der Waals surface area contributed by atoms with Gasteiger partial charge in [-0.2, -0.15) is 0 Å². The summed E-state index contributed by atoms with van der Waals surface area (Å²) in [7, 11) is 0. The summed E-state index contributed by atoms with van der Waals surface area (Å²) in [6.45, 7) is 0.